The van der Waals surface area contributed by atoms with E-state index in [1.807, 2.05) is 51.2 Å². The van der Waals surface area contributed by atoms with Crippen LogP contribution in [0.15, 0.2) is 30.5 Å². The van der Waals surface area contributed by atoms with Crippen molar-refractivity contribution in [2.45, 2.75) is 20.8 Å². The Hall–Kier alpha value is -1.64. The van der Waals surface area contributed by atoms with E-state index in [0.29, 0.717) is 5.69 Å². The number of carbonyl (C=O) groups excluding carboxylic acids is 1. The minimum Gasteiger partial charge on any atom is -0.292 e. The number of hydrogen-bond donors (Lipinski definition) is 0. The lowest BCUT2D eigenvalue weighted by molar-refractivity contribution is 0.0852. The molecule has 0 radical (unpaired) electrons. The van der Waals surface area contributed by atoms with Crippen molar-refractivity contribution >= 4 is 11.3 Å². The molecule has 2 heterocycles. The third kappa shape index (κ3) is 1.77. The van der Waals surface area contributed by atoms with Crippen LogP contribution in [0.3, 0.4) is 0 Å². The number of hydrogen-bond acceptors (Lipinski definition) is 2. The first kappa shape index (κ1) is 9.90. The summed E-state index contributed by atoms with van der Waals surface area (Å²) in [6.07, 6.45) is 1.84. The molecule has 0 aliphatic rings. The van der Waals surface area contributed by atoms with Crippen molar-refractivity contribution in [3.8, 4) is 0 Å². The van der Waals surface area contributed by atoms with Crippen molar-refractivity contribution in [2.75, 3.05) is 0 Å². The van der Waals surface area contributed by atoms with E-state index in [0.717, 1.165) is 5.52 Å². The van der Waals surface area contributed by atoms with E-state index < -0.39 is 0 Å². The van der Waals surface area contributed by atoms with Gasteiger partial charge in [-0.05, 0) is 18.2 Å². The third-order valence-electron chi connectivity index (χ3n) is 2.28. The number of nitrogens with zero attached hydrogens (tertiary/aromatic N) is 2. The van der Waals surface area contributed by atoms with Gasteiger partial charge in [-0.15, -0.1) is 0 Å². The Labute approximate surface area is 88.7 Å². The van der Waals surface area contributed by atoms with E-state index in [4.69, 9.17) is 0 Å². The zero-order chi connectivity index (χ0) is 11.1. The maximum atomic E-state index is 12.0. The second-order valence-electron chi connectivity index (χ2n) is 4.68. The first-order chi connectivity index (χ1) is 6.98. The minimum absolute atomic E-state index is 0.0752. The summed E-state index contributed by atoms with van der Waals surface area (Å²) in [5.41, 5.74) is 1.11. The minimum atomic E-state index is -0.377. The Morgan fingerprint density at radius 2 is 2.07 bits per heavy atom. The molecule has 15 heavy (non-hydrogen) atoms. The molecule has 3 nitrogen and oxygen atoms in total. The molecule has 0 amide bonds. The summed E-state index contributed by atoms with van der Waals surface area (Å²) >= 11 is 0. The van der Waals surface area contributed by atoms with Crippen LogP contribution in [-0.4, -0.2) is 15.4 Å². The third-order valence-corrected chi connectivity index (χ3v) is 2.28. The number of rotatable bonds is 1. The topological polar surface area (TPSA) is 34.4 Å². The van der Waals surface area contributed by atoms with Crippen molar-refractivity contribution in [2.24, 2.45) is 5.41 Å². The van der Waals surface area contributed by atoms with Gasteiger partial charge in [0.05, 0.1) is 5.52 Å². The highest BCUT2D eigenvalue weighted by Gasteiger charge is 2.25. The molecule has 0 fully saturated rings. The van der Waals surface area contributed by atoms with Gasteiger partial charge < -0.3 is 0 Å². The Morgan fingerprint density at radius 3 is 2.67 bits per heavy atom. The van der Waals surface area contributed by atoms with Crippen molar-refractivity contribution < 1.29 is 4.79 Å². The molecule has 2 rings (SSSR count). The zero-order valence-electron chi connectivity index (χ0n) is 9.19. The number of fused-ring (bicyclic) bond motifs is 1. The largest absolute Gasteiger partial charge is 0.292 e. The van der Waals surface area contributed by atoms with E-state index in [1.54, 1.807) is 4.52 Å². The quantitative estimate of drug-likeness (QED) is 0.666. The van der Waals surface area contributed by atoms with Crippen LogP contribution in [0.1, 0.15) is 31.3 Å². The van der Waals surface area contributed by atoms with E-state index in [9.17, 15) is 4.79 Å². The number of Topliss-reactive ketones (excluding diaryl/α,β-unsaturated/α-hetero) is 1. The average molecular weight is 202 g/mol. The predicted molar refractivity (Wildman–Crippen MR) is 59.0 cm³/mol. The van der Waals surface area contributed by atoms with Crippen LogP contribution in [0.2, 0.25) is 0 Å². The molecule has 0 N–H and O–H groups in total. The van der Waals surface area contributed by atoms with E-state index in [2.05, 4.69) is 5.10 Å². The van der Waals surface area contributed by atoms with Crippen LogP contribution in [0.5, 0.6) is 0 Å². The summed E-state index contributed by atoms with van der Waals surface area (Å²) in [7, 11) is 0. The molecular formula is C12H14N2O. The van der Waals surface area contributed by atoms with Crippen LogP contribution in [0, 0.1) is 5.41 Å². The molecule has 0 saturated carbocycles. The van der Waals surface area contributed by atoms with Gasteiger partial charge >= 0.3 is 0 Å². The van der Waals surface area contributed by atoms with Gasteiger partial charge in [-0.25, -0.2) is 4.52 Å². The highest BCUT2D eigenvalue weighted by Crippen LogP contribution is 2.20. The van der Waals surface area contributed by atoms with Crippen LogP contribution in [-0.2, 0) is 0 Å². The molecule has 0 aromatic carbocycles. The van der Waals surface area contributed by atoms with Crippen molar-refractivity contribution in [3.05, 3.63) is 36.2 Å². The molecule has 0 unspecified atom stereocenters. The molecule has 2 aromatic heterocycles. The van der Waals surface area contributed by atoms with Crippen molar-refractivity contribution in [3.63, 3.8) is 0 Å². The molecule has 0 atom stereocenters. The van der Waals surface area contributed by atoms with E-state index >= 15 is 0 Å². The summed E-state index contributed by atoms with van der Waals surface area (Å²) in [5, 5.41) is 4.25. The summed E-state index contributed by atoms with van der Waals surface area (Å²) in [6.45, 7) is 5.71. The first-order valence-corrected chi connectivity index (χ1v) is 4.98. The molecule has 78 valence electrons. The van der Waals surface area contributed by atoms with E-state index in [-0.39, 0.29) is 11.2 Å². The molecular weight excluding hydrogens is 188 g/mol. The predicted octanol–water partition coefficient (Wildman–Crippen LogP) is 2.56. The number of ketones is 1. The van der Waals surface area contributed by atoms with Gasteiger partial charge in [0.1, 0.15) is 5.69 Å². The maximum Gasteiger partial charge on any atom is 0.188 e. The van der Waals surface area contributed by atoms with Crippen LogP contribution < -0.4 is 0 Å². The Morgan fingerprint density at radius 1 is 1.33 bits per heavy atom. The molecule has 0 saturated heterocycles. The fourth-order valence-corrected chi connectivity index (χ4v) is 1.43. The normalized spacial score (nSPS) is 11.9. The van der Waals surface area contributed by atoms with Crippen molar-refractivity contribution in [1.29, 1.82) is 0 Å². The summed E-state index contributed by atoms with van der Waals surface area (Å²) < 4.78 is 1.72. The lowest BCUT2D eigenvalue weighted by Gasteiger charge is -2.13. The molecule has 0 aliphatic carbocycles. The standard InChI is InChI=1S/C12H14N2O/c1-12(2,3)11(15)10-8-9-6-4-5-7-14(9)13-10/h4-8H,1-3H3. The van der Waals surface area contributed by atoms with Gasteiger partial charge in [-0.2, -0.15) is 5.10 Å². The average Bonchev–Trinajstić information content (AvgIpc) is 2.58. The summed E-state index contributed by atoms with van der Waals surface area (Å²) in [5.74, 6) is 0.0752. The fourth-order valence-electron chi connectivity index (χ4n) is 1.43. The second-order valence-corrected chi connectivity index (χ2v) is 4.68. The highest BCUT2D eigenvalue weighted by atomic mass is 16.1. The second kappa shape index (κ2) is 3.19. The fraction of sp³-hybridized carbons (Fsp3) is 0.333. The summed E-state index contributed by atoms with van der Waals surface area (Å²) in [4.78, 5) is 12.0. The number of aromatic nitrogens is 2. The molecule has 3 heteroatoms. The van der Waals surface area contributed by atoms with Gasteiger partial charge in [0.25, 0.3) is 0 Å². The van der Waals surface area contributed by atoms with Gasteiger partial charge in [-0.3, -0.25) is 4.79 Å². The van der Waals surface area contributed by atoms with Crippen LogP contribution in [0.25, 0.3) is 5.52 Å². The Bertz CT molecular complexity index is 473. The maximum absolute atomic E-state index is 12.0. The number of pyridine rings is 1. The van der Waals surface area contributed by atoms with Crippen LogP contribution in [0.4, 0.5) is 0 Å². The molecule has 0 aliphatic heterocycles. The highest BCUT2D eigenvalue weighted by molar-refractivity contribution is 5.99. The smallest absolute Gasteiger partial charge is 0.188 e. The van der Waals surface area contributed by atoms with E-state index in [1.165, 1.54) is 0 Å². The molecule has 0 bridgehead atoms. The van der Waals surface area contributed by atoms with Gasteiger partial charge in [0.15, 0.2) is 5.78 Å². The SMILES string of the molecule is CC(C)(C)C(=O)c1cc2ccccn2n1. The lowest BCUT2D eigenvalue weighted by Crippen LogP contribution is -2.20. The Balaban J connectivity index is 2.50. The zero-order valence-corrected chi connectivity index (χ0v) is 9.19. The van der Waals surface area contributed by atoms with Crippen LogP contribution >= 0.6 is 0 Å². The molecule has 2 aromatic rings. The van der Waals surface area contributed by atoms with Gasteiger partial charge in [-0.1, -0.05) is 26.8 Å². The monoisotopic (exact) mass is 202 g/mol. The van der Waals surface area contributed by atoms with Crippen molar-refractivity contribution in [1.82, 2.24) is 9.61 Å². The molecule has 0 spiro atoms. The van der Waals surface area contributed by atoms with Gasteiger partial charge in [0.2, 0.25) is 0 Å². The Kier molecular flexibility index (Phi) is 2.11. The van der Waals surface area contributed by atoms with Gasteiger partial charge in [0, 0.05) is 11.6 Å². The summed E-state index contributed by atoms with van der Waals surface area (Å²) in [6, 6.07) is 7.59. The number of carbonyl (C=O) groups is 1. The first-order valence-electron chi connectivity index (χ1n) is 4.98. The lowest BCUT2D eigenvalue weighted by atomic mass is 9.89.